The molecule has 6 nitrogen and oxygen atoms in total. The van der Waals surface area contributed by atoms with Gasteiger partial charge in [0.1, 0.15) is 5.75 Å². The van der Waals surface area contributed by atoms with Crippen LogP contribution >= 0.6 is 0 Å². The molecule has 114 valence electrons. The SMILES string of the molecule is CCCCN1CCN(NC(=O)c2ccc(OC)cc2)C1=O. The van der Waals surface area contributed by atoms with Crippen LogP contribution in [-0.2, 0) is 0 Å². The number of unbranched alkanes of at least 4 members (excludes halogenated alkanes) is 1. The molecule has 0 aliphatic carbocycles. The summed E-state index contributed by atoms with van der Waals surface area (Å²) in [6.45, 7) is 4.00. The van der Waals surface area contributed by atoms with Crippen molar-refractivity contribution in [1.82, 2.24) is 15.3 Å². The van der Waals surface area contributed by atoms with Crippen molar-refractivity contribution in [2.75, 3.05) is 26.7 Å². The van der Waals surface area contributed by atoms with Crippen molar-refractivity contribution >= 4 is 11.9 Å². The van der Waals surface area contributed by atoms with E-state index in [0.29, 0.717) is 24.4 Å². The molecule has 1 heterocycles. The molecule has 1 aromatic rings. The lowest BCUT2D eigenvalue weighted by molar-refractivity contribution is 0.0845. The maximum absolute atomic E-state index is 12.1. The minimum absolute atomic E-state index is 0.134. The third kappa shape index (κ3) is 3.65. The monoisotopic (exact) mass is 291 g/mol. The smallest absolute Gasteiger partial charge is 0.338 e. The number of carbonyl (C=O) groups is 2. The van der Waals surface area contributed by atoms with Gasteiger partial charge in [0.05, 0.1) is 13.7 Å². The van der Waals surface area contributed by atoms with Crippen molar-refractivity contribution in [3.63, 3.8) is 0 Å². The molecular formula is C15H21N3O3. The van der Waals surface area contributed by atoms with Crippen molar-refractivity contribution in [2.45, 2.75) is 19.8 Å². The fraction of sp³-hybridized carbons (Fsp3) is 0.467. The van der Waals surface area contributed by atoms with Crippen LogP contribution in [0, 0.1) is 0 Å². The van der Waals surface area contributed by atoms with E-state index in [1.165, 1.54) is 5.01 Å². The van der Waals surface area contributed by atoms with Gasteiger partial charge in [0, 0.05) is 18.7 Å². The summed E-state index contributed by atoms with van der Waals surface area (Å²) >= 11 is 0. The number of nitrogens with zero attached hydrogens (tertiary/aromatic N) is 2. The van der Waals surface area contributed by atoms with Gasteiger partial charge in [-0.1, -0.05) is 13.3 Å². The van der Waals surface area contributed by atoms with Crippen molar-refractivity contribution in [3.05, 3.63) is 29.8 Å². The van der Waals surface area contributed by atoms with Crippen molar-refractivity contribution in [3.8, 4) is 5.75 Å². The van der Waals surface area contributed by atoms with Crippen LogP contribution in [0.25, 0.3) is 0 Å². The Morgan fingerprint density at radius 2 is 2.00 bits per heavy atom. The number of carbonyl (C=O) groups excluding carboxylic acids is 2. The van der Waals surface area contributed by atoms with Gasteiger partial charge in [0.25, 0.3) is 5.91 Å². The minimum atomic E-state index is -0.289. The fourth-order valence-electron chi connectivity index (χ4n) is 2.17. The molecule has 2 rings (SSSR count). The molecule has 0 bridgehead atoms. The summed E-state index contributed by atoms with van der Waals surface area (Å²) in [7, 11) is 1.57. The van der Waals surface area contributed by atoms with E-state index in [2.05, 4.69) is 12.3 Å². The normalized spacial score (nSPS) is 14.5. The van der Waals surface area contributed by atoms with E-state index in [-0.39, 0.29) is 11.9 Å². The van der Waals surface area contributed by atoms with Gasteiger partial charge in [0.15, 0.2) is 0 Å². The molecule has 1 aliphatic rings. The number of amides is 3. The number of hydrogen-bond acceptors (Lipinski definition) is 3. The van der Waals surface area contributed by atoms with Gasteiger partial charge in [-0.25, -0.2) is 9.80 Å². The molecule has 1 N–H and O–H groups in total. The number of hydrogen-bond donors (Lipinski definition) is 1. The van der Waals surface area contributed by atoms with Crippen LogP contribution in [0.4, 0.5) is 4.79 Å². The highest BCUT2D eigenvalue weighted by molar-refractivity contribution is 5.95. The molecule has 0 aromatic heterocycles. The Bertz CT molecular complexity index is 501. The van der Waals surface area contributed by atoms with E-state index >= 15 is 0 Å². The Labute approximate surface area is 124 Å². The topological polar surface area (TPSA) is 61.9 Å². The summed E-state index contributed by atoms with van der Waals surface area (Å²) in [5.74, 6) is 0.401. The minimum Gasteiger partial charge on any atom is -0.497 e. The van der Waals surface area contributed by atoms with Gasteiger partial charge in [-0.3, -0.25) is 10.2 Å². The second-order valence-electron chi connectivity index (χ2n) is 4.94. The van der Waals surface area contributed by atoms with Gasteiger partial charge < -0.3 is 9.64 Å². The molecule has 0 spiro atoms. The third-order valence-corrected chi connectivity index (χ3v) is 3.47. The van der Waals surface area contributed by atoms with Crippen LogP contribution in [0.15, 0.2) is 24.3 Å². The summed E-state index contributed by atoms with van der Waals surface area (Å²) in [5, 5.41) is 1.38. The Kier molecular flexibility index (Phi) is 5.03. The lowest BCUT2D eigenvalue weighted by Gasteiger charge is -2.19. The standard InChI is InChI=1S/C15H21N3O3/c1-3-4-9-17-10-11-18(15(17)20)16-14(19)12-5-7-13(21-2)8-6-12/h5-8H,3-4,9-11H2,1-2H3,(H,16,19). The maximum Gasteiger partial charge on any atom is 0.338 e. The number of ether oxygens (including phenoxy) is 1. The molecule has 0 atom stereocenters. The molecule has 0 unspecified atom stereocenters. The highest BCUT2D eigenvalue weighted by Crippen LogP contribution is 2.12. The van der Waals surface area contributed by atoms with E-state index in [9.17, 15) is 9.59 Å². The number of nitrogens with one attached hydrogen (secondary N) is 1. The second-order valence-corrected chi connectivity index (χ2v) is 4.94. The molecule has 21 heavy (non-hydrogen) atoms. The average molecular weight is 291 g/mol. The zero-order valence-corrected chi connectivity index (χ0v) is 12.5. The predicted molar refractivity (Wildman–Crippen MR) is 79.0 cm³/mol. The van der Waals surface area contributed by atoms with Gasteiger partial charge in [-0.05, 0) is 30.7 Å². The van der Waals surface area contributed by atoms with Gasteiger partial charge in [-0.2, -0.15) is 0 Å². The fourth-order valence-corrected chi connectivity index (χ4v) is 2.17. The Morgan fingerprint density at radius 1 is 1.29 bits per heavy atom. The van der Waals surface area contributed by atoms with Crippen LogP contribution < -0.4 is 10.2 Å². The van der Waals surface area contributed by atoms with Crippen molar-refractivity contribution in [2.24, 2.45) is 0 Å². The summed E-state index contributed by atoms with van der Waals surface area (Å²) in [4.78, 5) is 26.0. The van der Waals surface area contributed by atoms with Gasteiger partial charge in [0.2, 0.25) is 0 Å². The Morgan fingerprint density at radius 3 is 2.62 bits per heavy atom. The highest BCUT2D eigenvalue weighted by Gasteiger charge is 2.29. The molecule has 1 fully saturated rings. The first-order chi connectivity index (χ1) is 10.2. The molecule has 3 amide bonds. The molecule has 1 aromatic carbocycles. The van der Waals surface area contributed by atoms with E-state index in [1.54, 1.807) is 36.3 Å². The zero-order chi connectivity index (χ0) is 15.2. The Balaban J connectivity index is 1.92. The lowest BCUT2D eigenvalue weighted by Crippen LogP contribution is -2.45. The van der Waals surface area contributed by atoms with Crippen LogP contribution in [-0.4, -0.2) is 48.6 Å². The van der Waals surface area contributed by atoms with Crippen LogP contribution in [0.5, 0.6) is 5.75 Å². The van der Waals surface area contributed by atoms with E-state index in [1.807, 2.05) is 0 Å². The van der Waals surface area contributed by atoms with Crippen LogP contribution in [0.3, 0.4) is 0 Å². The molecule has 6 heteroatoms. The van der Waals surface area contributed by atoms with Gasteiger partial charge >= 0.3 is 6.03 Å². The maximum atomic E-state index is 12.1. The Hall–Kier alpha value is -2.24. The highest BCUT2D eigenvalue weighted by atomic mass is 16.5. The quantitative estimate of drug-likeness (QED) is 0.870. The van der Waals surface area contributed by atoms with E-state index in [0.717, 1.165) is 19.4 Å². The second kappa shape index (κ2) is 6.97. The molecule has 0 saturated carbocycles. The first kappa shape index (κ1) is 15.2. The van der Waals surface area contributed by atoms with E-state index in [4.69, 9.17) is 4.74 Å². The predicted octanol–water partition coefficient (Wildman–Crippen LogP) is 1.88. The number of urea groups is 1. The summed E-state index contributed by atoms with van der Waals surface area (Å²) in [5.41, 5.74) is 3.15. The number of methoxy groups -OCH3 is 1. The number of rotatable bonds is 6. The lowest BCUT2D eigenvalue weighted by atomic mass is 10.2. The molecular weight excluding hydrogens is 270 g/mol. The molecule has 0 radical (unpaired) electrons. The average Bonchev–Trinajstić information content (AvgIpc) is 2.86. The number of hydrazine groups is 1. The zero-order valence-electron chi connectivity index (χ0n) is 12.5. The molecule has 1 saturated heterocycles. The third-order valence-electron chi connectivity index (χ3n) is 3.47. The number of benzene rings is 1. The van der Waals surface area contributed by atoms with Crippen LogP contribution in [0.1, 0.15) is 30.1 Å². The van der Waals surface area contributed by atoms with E-state index < -0.39 is 0 Å². The first-order valence-electron chi connectivity index (χ1n) is 7.17. The molecule has 1 aliphatic heterocycles. The van der Waals surface area contributed by atoms with Gasteiger partial charge in [-0.15, -0.1) is 0 Å². The first-order valence-corrected chi connectivity index (χ1v) is 7.17. The summed E-state index contributed by atoms with van der Waals surface area (Å²) in [6, 6.07) is 6.64. The van der Waals surface area contributed by atoms with Crippen LogP contribution in [0.2, 0.25) is 0 Å². The van der Waals surface area contributed by atoms with Crippen molar-refractivity contribution < 1.29 is 14.3 Å². The van der Waals surface area contributed by atoms with Crippen molar-refractivity contribution in [1.29, 1.82) is 0 Å². The summed E-state index contributed by atoms with van der Waals surface area (Å²) in [6.07, 6.45) is 2.02. The largest absolute Gasteiger partial charge is 0.497 e. The summed E-state index contributed by atoms with van der Waals surface area (Å²) < 4.78 is 5.05.